The van der Waals surface area contributed by atoms with Crippen molar-refractivity contribution in [2.75, 3.05) is 26.2 Å². The lowest BCUT2D eigenvalue weighted by molar-refractivity contribution is -0.131. The fourth-order valence-corrected chi connectivity index (χ4v) is 4.65. The van der Waals surface area contributed by atoms with E-state index in [1.165, 1.54) is 0 Å². The van der Waals surface area contributed by atoms with Crippen LogP contribution in [-0.2, 0) is 16.0 Å². The van der Waals surface area contributed by atoms with E-state index in [1.807, 2.05) is 54.3 Å². The minimum Gasteiger partial charge on any atom is -0.356 e. The van der Waals surface area contributed by atoms with Gasteiger partial charge >= 0.3 is 0 Å². The monoisotopic (exact) mass is 539 g/mol. The Morgan fingerprint density at radius 3 is 2.61 bits per heavy atom. The summed E-state index contributed by atoms with van der Waals surface area (Å²) in [6.45, 7) is 4.75. The van der Waals surface area contributed by atoms with Crippen LogP contribution in [0.2, 0.25) is 0 Å². The third-order valence-corrected chi connectivity index (χ3v) is 6.75. The standard InChI is InChI=1S/C29H37N5O3.ClH/c1-22-11-5-6-14-24(22)29-32-27(37-33-29)15-9-16-28(36)34-19-8-7-17-30-25(23-12-3-2-4-13-23)21-26(35)31-18-10-20-34;/h2-6,11-14,25,30H,7-10,15-21H2,1H3,(H,31,35);1H. The minimum atomic E-state index is -0.00397. The van der Waals surface area contributed by atoms with Crippen molar-refractivity contribution < 1.29 is 14.1 Å². The number of carbonyl (C=O) groups is 2. The van der Waals surface area contributed by atoms with Crippen LogP contribution in [0.1, 0.15) is 61.6 Å². The van der Waals surface area contributed by atoms with Gasteiger partial charge in [0, 0.05) is 50.5 Å². The number of halogens is 1. The average molecular weight is 540 g/mol. The van der Waals surface area contributed by atoms with Crippen molar-refractivity contribution in [1.29, 1.82) is 0 Å². The third-order valence-electron chi connectivity index (χ3n) is 6.75. The number of benzene rings is 2. The molecule has 1 aromatic heterocycles. The van der Waals surface area contributed by atoms with Gasteiger partial charge < -0.3 is 20.1 Å². The fourth-order valence-electron chi connectivity index (χ4n) is 4.65. The molecule has 9 heteroatoms. The van der Waals surface area contributed by atoms with Gasteiger partial charge in [-0.3, -0.25) is 9.59 Å². The number of nitrogens with one attached hydrogen (secondary N) is 2. The van der Waals surface area contributed by atoms with E-state index in [2.05, 4.69) is 32.9 Å². The predicted octanol–water partition coefficient (Wildman–Crippen LogP) is 4.64. The van der Waals surface area contributed by atoms with Crippen LogP contribution in [0.25, 0.3) is 11.4 Å². The van der Waals surface area contributed by atoms with E-state index in [1.54, 1.807) is 0 Å². The molecule has 8 nitrogen and oxygen atoms in total. The normalized spacial score (nSPS) is 17.3. The molecule has 0 radical (unpaired) electrons. The maximum absolute atomic E-state index is 13.0. The van der Waals surface area contributed by atoms with Gasteiger partial charge in [0.05, 0.1) is 0 Å². The number of aryl methyl sites for hydroxylation is 2. The molecule has 0 bridgehead atoms. The van der Waals surface area contributed by atoms with Crippen molar-refractivity contribution in [3.63, 3.8) is 0 Å². The molecule has 2 N–H and O–H groups in total. The Kier molecular flexibility index (Phi) is 11.8. The van der Waals surface area contributed by atoms with Gasteiger partial charge in [-0.1, -0.05) is 59.8 Å². The van der Waals surface area contributed by atoms with Crippen molar-refractivity contribution in [2.24, 2.45) is 0 Å². The molecule has 4 rings (SSSR count). The number of hydrogen-bond donors (Lipinski definition) is 2. The second-order valence-electron chi connectivity index (χ2n) is 9.59. The first-order chi connectivity index (χ1) is 18.1. The van der Waals surface area contributed by atoms with Crippen LogP contribution in [0.4, 0.5) is 0 Å². The van der Waals surface area contributed by atoms with Crippen molar-refractivity contribution in [1.82, 2.24) is 25.7 Å². The van der Waals surface area contributed by atoms with Gasteiger partial charge in [-0.2, -0.15) is 4.98 Å². The van der Waals surface area contributed by atoms with E-state index in [0.717, 1.165) is 49.0 Å². The van der Waals surface area contributed by atoms with Crippen molar-refractivity contribution in [3.8, 4) is 11.4 Å². The maximum Gasteiger partial charge on any atom is 0.226 e. The zero-order chi connectivity index (χ0) is 25.9. The van der Waals surface area contributed by atoms with Gasteiger partial charge in [0.15, 0.2) is 0 Å². The Labute approximate surface area is 231 Å². The summed E-state index contributed by atoms with van der Waals surface area (Å²) in [6, 6.07) is 18.0. The number of carbonyl (C=O) groups excluding carboxylic acids is 2. The summed E-state index contributed by atoms with van der Waals surface area (Å²) in [7, 11) is 0. The summed E-state index contributed by atoms with van der Waals surface area (Å²) in [5, 5.41) is 10.7. The van der Waals surface area contributed by atoms with Crippen LogP contribution in [0.15, 0.2) is 59.1 Å². The second-order valence-corrected chi connectivity index (χ2v) is 9.59. The van der Waals surface area contributed by atoms with Gasteiger partial charge in [-0.15, -0.1) is 12.4 Å². The smallest absolute Gasteiger partial charge is 0.226 e. The molecule has 2 amide bonds. The number of amides is 2. The second kappa shape index (κ2) is 15.2. The largest absolute Gasteiger partial charge is 0.356 e. The minimum absolute atomic E-state index is 0. The predicted molar refractivity (Wildman–Crippen MR) is 150 cm³/mol. The third kappa shape index (κ3) is 8.67. The van der Waals surface area contributed by atoms with Crippen molar-refractivity contribution in [3.05, 3.63) is 71.6 Å². The molecule has 2 aromatic carbocycles. The van der Waals surface area contributed by atoms with Gasteiger partial charge in [0.2, 0.25) is 23.5 Å². The van der Waals surface area contributed by atoms with E-state index < -0.39 is 0 Å². The first-order valence-corrected chi connectivity index (χ1v) is 13.3. The molecule has 204 valence electrons. The highest BCUT2D eigenvalue weighted by molar-refractivity contribution is 5.85. The quantitative estimate of drug-likeness (QED) is 0.473. The van der Waals surface area contributed by atoms with Crippen LogP contribution in [0.3, 0.4) is 0 Å². The number of rotatable bonds is 6. The lowest BCUT2D eigenvalue weighted by Crippen LogP contribution is -2.35. The molecule has 1 fully saturated rings. The molecule has 1 saturated heterocycles. The first kappa shape index (κ1) is 29.3. The van der Waals surface area contributed by atoms with E-state index in [9.17, 15) is 9.59 Å². The molecular formula is C29H38ClN5O3. The van der Waals surface area contributed by atoms with Crippen LogP contribution >= 0.6 is 12.4 Å². The summed E-state index contributed by atoms with van der Waals surface area (Å²) in [5.41, 5.74) is 3.18. The topological polar surface area (TPSA) is 100 Å². The Balaban J connectivity index is 0.00000400. The summed E-state index contributed by atoms with van der Waals surface area (Å²) in [6.07, 6.45) is 4.67. The highest BCUT2D eigenvalue weighted by Gasteiger charge is 2.18. The van der Waals surface area contributed by atoms with Crippen LogP contribution in [-0.4, -0.2) is 53.0 Å². The van der Waals surface area contributed by atoms with E-state index >= 15 is 0 Å². The molecule has 1 aliphatic heterocycles. The van der Waals surface area contributed by atoms with Crippen LogP contribution in [0.5, 0.6) is 0 Å². The summed E-state index contributed by atoms with van der Waals surface area (Å²) < 4.78 is 5.42. The van der Waals surface area contributed by atoms with Gasteiger partial charge in [-0.25, -0.2) is 0 Å². The molecule has 0 aliphatic carbocycles. The molecule has 0 saturated carbocycles. The van der Waals surface area contributed by atoms with Crippen molar-refractivity contribution in [2.45, 2.75) is 57.9 Å². The molecule has 1 atom stereocenters. The van der Waals surface area contributed by atoms with Gasteiger partial charge in [0.1, 0.15) is 0 Å². The number of nitrogens with zero attached hydrogens (tertiary/aromatic N) is 3. The lowest BCUT2D eigenvalue weighted by Gasteiger charge is -2.23. The molecule has 2 heterocycles. The van der Waals surface area contributed by atoms with Crippen molar-refractivity contribution >= 4 is 24.2 Å². The summed E-state index contributed by atoms with van der Waals surface area (Å²) in [5.74, 6) is 1.30. The van der Waals surface area contributed by atoms with E-state index in [0.29, 0.717) is 50.5 Å². The highest BCUT2D eigenvalue weighted by atomic mass is 35.5. The molecule has 38 heavy (non-hydrogen) atoms. The van der Waals surface area contributed by atoms with Crippen LogP contribution < -0.4 is 10.6 Å². The zero-order valence-corrected chi connectivity index (χ0v) is 22.8. The molecule has 0 spiro atoms. The first-order valence-electron chi connectivity index (χ1n) is 13.3. The Hall–Kier alpha value is -3.23. The molecule has 1 aliphatic rings. The molecule has 1 unspecified atom stereocenters. The molecular weight excluding hydrogens is 502 g/mol. The molecule has 3 aromatic rings. The Morgan fingerprint density at radius 2 is 1.79 bits per heavy atom. The van der Waals surface area contributed by atoms with Gasteiger partial charge in [0.25, 0.3) is 0 Å². The number of hydrogen-bond acceptors (Lipinski definition) is 6. The number of aromatic nitrogens is 2. The maximum atomic E-state index is 13.0. The SMILES string of the molecule is Cc1ccccc1-c1noc(CCCC(=O)N2CCCCNC(c3ccccc3)CC(=O)NCCC2)n1.Cl. The van der Waals surface area contributed by atoms with Gasteiger partial charge in [-0.05, 0) is 50.3 Å². The Bertz CT molecular complexity index is 1150. The lowest BCUT2D eigenvalue weighted by atomic mass is 10.0. The van der Waals surface area contributed by atoms with E-state index in [4.69, 9.17) is 4.52 Å². The average Bonchev–Trinajstić information content (AvgIpc) is 3.38. The summed E-state index contributed by atoms with van der Waals surface area (Å²) >= 11 is 0. The summed E-state index contributed by atoms with van der Waals surface area (Å²) in [4.78, 5) is 32.0. The highest BCUT2D eigenvalue weighted by Crippen LogP contribution is 2.20. The van der Waals surface area contributed by atoms with Crippen LogP contribution in [0, 0.1) is 6.92 Å². The van der Waals surface area contributed by atoms with E-state index in [-0.39, 0.29) is 30.3 Å². The Morgan fingerprint density at radius 1 is 1.03 bits per heavy atom. The zero-order valence-electron chi connectivity index (χ0n) is 22.0. The fraction of sp³-hybridized carbons (Fsp3) is 0.448.